The fourth-order valence-corrected chi connectivity index (χ4v) is 1.63. The molecule has 64 valence electrons. The summed E-state index contributed by atoms with van der Waals surface area (Å²) >= 11 is 7.59. The lowest BCUT2D eigenvalue weighted by Crippen LogP contribution is -1.95. The maximum atomic E-state index is 10.5. The smallest absolute Gasteiger partial charge is 0.258 e. The average Bonchev–Trinajstić information content (AvgIpc) is 2.03. The Balaban J connectivity index is 3.29. The molecule has 12 heavy (non-hydrogen) atoms. The lowest BCUT2D eigenvalue weighted by atomic mass is 10.3. The molecule has 1 heterocycles. The lowest BCUT2D eigenvalue weighted by Gasteiger charge is -1.98. The third kappa shape index (κ3) is 1.84. The van der Waals surface area contributed by atoms with E-state index in [1.807, 2.05) is 22.6 Å². The fourth-order valence-electron chi connectivity index (χ4n) is 0.766. The highest BCUT2D eigenvalue weighted by Gasteiger charge is 2.17. The summed E-state index contributed by atoms with van der Waals surface area (Å²) in [7, 11) is 0. The summed E-state index contributed by atoms with van der Waals surface area (Å²) in [5.41, 5.74) is 0.508. The minimum atomic E-state index is -0.511. The fraction of sp³-hybridized carbons (Fsp3) is 0.167. The van der Waals surface area contributed by atoms with Crippen molar-refractivity contribution in [1.29, 1.82) is 0 Å². The van der Waals surface area contributed by atoms with E-state index in [0.29, 0.717) is 9.99 Å². The van der Waals surface area contributed by atoms with E-state index >= 15 is 0 Å². The quantitative estimate of drug-likeness (QED) is 0.277. The first-order valence-corrected chi connectivity index (χ1v) is 4.91. The van der Waals surface area contributed by atoms with Gasteiger partial charge in [-0.3, -0.25) is 10.1 Å². The van der Waals surface area contributed by atoms with E-state index in [1.165, 1.54) is 6.20 Å². The van der Waals surface area contributed by atoms with Gasteiger partial charge in [0.05, 0.1) is 4.92 Å². The largest absolute Gasteiger partial charge is 0.310 e. The van der Waals surface area contributed by atoms with Crippen LogP contribution >= 0.6 is 34.2 Å². The van der Waals surface area contributed by atoms with E-state index in [4.69, 9.17) is 11.6 Å². The van der Waals surface area contributed by atoms with Crippen LogP contribution in [0.2, 0.25) is 5.15 Å². The van der Waals surface area contributed by atoms with Crippen molar-refractivity contribution < 1.29 is 4.92 Å². The number of aromatic nitrogens is 1. The predicted molar refractivity (Wildman–Crippen MR) is 53.6 cm³/mol. The Morgan fingerprint density at radius 2 is 2.42 bits per heavy atom. The van der Waals surface area contributed by atoms with Gasteiger partial charge in [-0.1, -0.05) is 34.2 Å². The first-order chi connectivity index (χ1) is 5.66. The van der Waals surface area contributed by atoms with Crippen LogP contribution in [0.25, 0.3) is 0 Å². The van der Waals surface area contributed by atoms with E-state index in [9.17, 15) is 10.1 Å². The van der Waals surface area contributed by atoms with Crippen LogP contribution in [0.15, 0.2) is 12.3 Å². The van der Waals surface area contributed by atoms with Crippen molar-refractivity contribution in [2.75, 3.05) is 0 Å². The molecule has 0 aliphatic heterocycles. The Labute approximate surface area is 87.2 Å². The Morgan fingerprint density at radius 3 is 2.83 bits per heavy atom. The molecule has 1 aromatic heterocycles. The van der Waals surface area contributed by atoms with Gasteiger partial charge in [-0.05, 0) is 6.07 Å². The molecule has 0 saturated heterocycles. The SMILES string of the molecule is O=[N+]([O-])c1c(CI)ccnc1Cl. The molecule has 0 bridgehead atoms. The zero-order valence-corrected chi connectivity index (χ0v) is 8.74. The maximum Gasteiger partial charge on any atom is 0.310 e. The highest BCUT2D eigenvalue weighted by Crippen LogP contribution is 2.27. The van der Waals surface area contributed by atoms with Crippen LogP contribution in [0.1, 0.15) is 5.56 Å². The van der Waals surface area contributed by atoms with Crippen LogP contribution in [-0.4, -0.2) is 9.91 Å². The maximum absolute atomic E-state index is 10.5. The lowest BCUT2D eigenvalue weighted by molar-refractivity contribution is -0.385. The van der Waals surface area contributed by atoms with E-state index in [-0.39, 0.29) is 10.8 Å². The topological polar surface area (TPSA) is 56.0 Å². The molecule has 0 atom stereocenters. The Hall–Kier alpha value is -0.430. The highest BCUT2D eigenvalue weighted by atomic mass is 127. The Bertz CT molecular complexity index is 318. The summed E-state index contributed by atoms with van der Waals surface area (Å²) in [5, 5.41) is 10.4. The van der Waals surface area contributed by atoms with Crippen molar-refractivity contribution in [1.82, 2.24) is 4.98 Å². The monoisotopic (exact) mass is 298 g/mol. The molecule has 0 fully saturated rings. The number of nitro groups is 1. The molecule has 0 amide bonds. The number of hydrogen-bond acceptors (Lipinski definition) is 3. The summed E-state index contributed by atoms with van der Waals surface area (Å²) in [6.45, 7) is 0. The second-order valence-corrected chi connectivity index (χ2v) is 3.12. The first kappa shape index (κ1) is 9.66. The van der Waals surface area contributed by atoms with Crippen LogP contribution in [0.4, 0.5) is 5.69 Å². The minimum Gasteiger partial charge on any atom is -0.258 e. The van der Waals surface area contributed by atoms with Gasteiger partial charge in [0.25, 0.3) is 0 Å². The standard InChI is InChI=1S/C6H4ClIN2O2/c7-6-5(10(11)12)4(3-8)1-2-9-6/h1-2H,3H2. The number of halogens is 2. The first-order valence-electron chi connectivity index (χ1n) is 3.00. The summed E-state index contributed by atoms with van der Waals surface area (Å²) in [6, 6.07) is 1.59. The van der Waals surface area contributed by atoms with Crippen molar-refractivity contribution in [3.05, 3.63) is 33.1 Å². The van der Waals surface area contributed by atoms with Crippen LogP contribution in [0.3, 0.4) is 0 Å². The number of nitrogens with zero attached hydrogens (tertiary/aromatic N) is 2. The van der Waals surface area contributed by atoms with Gasteiger partial charge in [0, 0.05) is 16.2 Å². The van der Waals surface area contributed by atoms with Crippen LogP contribution in [-0.2, 0) is 4.43 Å². The van der Waals surface area contributed by atoms with Gasteiger partial charge >= 0.3 is 5.69 Å². The molecule has 0 radical (unpaired) electrons. The van der Waals surface area contributed by atoms with Gasteiger partial charge in [-0.25, -0.2) is 4.98 Å². The zero-order chi connectivity index (χ0) is 9.14. The van der Waals surface area contributed by atoms with Crippen LogP contribution < -0.4 is 0 Å². The average molecular weight is 298 g/mol. The zero-order valence-electron chi connectivity index (χ0n) is 5.83. The van der Waals surface area contributed by atoms with Gasteiger partial charge in [-0.15, -0.1) is 0 Å². The molecular formula is C6H4ClIN2O2. The van der Waals surface area contributed by atoms with E-state index in [2.05, 4.69) is 4.98 Å². The summed E-state index contributed by atoms with van der Waals surface area (Å²) in [4.78, 5) is 13.6. The predicted octanol–water partition coefficient (Wildman–Crippen LogP) is 2.58. The highest BCUT2D eigenvalue weighted by molar-refractivity contribution is 14.1. The van der Waals surface area contributed by atoms with Crippen molar-refractivity contribution in [2.45, 2.75) is 4.43 Å². The van der Waals surface area contributed by atoms with Gasteiger partial charge < -0.3 is 0 Å². The molecule has 0 N–H and O–H groups in total. The second-order valence-electron chi connectivity index (χ2n) is 2.00. The van der Waals surface area contributed by atoms with Gasteiger partial charge in [0.1, 0.15) is 0 Å². The molecular weight excluding hydrogens is 294 g/mol. The van der Waals surface area contributed by atoms with E-state index < -0.39 is 4.92 Å². The summed E-state index contributed by atoms with van der Waals surface area (Å²) < 4.78 is 0.552. The van der Waals surface area contributed by atoms with Gasteiger partial charge in [0.2, 0.25) is 5.15 Å². The van der Waals surface area contributed by atoms with Crippen LogP contribution in [0, 0.1) is 10.1 Å². The van der Waals surface area contributed by atoms with Crippen molar-refractivity contribution in [2.24, 2.45) is 0 Å². The Kier molecular flexibility index (Phi) is 3.21. The molecule has 0 aromatic carbocycles. The molecule has 0 aliphatic rings. The number of alkyl halides is 1. The Morgan fingerprint density at radius 1 is 1.75 bits per heavy atom. The molecule has 0 aliphatic carbocycles. The number of pyridine rings is 1. The van der Waals surface area contributed by atoms with E-state index in [0.717, 1.165) is 0 Å². The van der Waals surface area contributed by atoms with Gasteiger partial charge in [-0.2, -0.15) is 0 Å². The molecule has 6 heteroatoms. The summed E-state index contributed by atoms with van der Waals surface area (Å²) in [6.07, 6.45) is 1.46. The number of hydrogen-bond donors (Lipinski definition) is 0. The molecule has 0 saturated carbocycles. The van der Waals surface area contributed by atoms with E-state index in [1.54, 1.807) is 6.07 Å². The molecule has 0 unspecified atom stereocenters. The van der Waals surface area contributed by atoms with Gasteiger partial charge in [0.15, 0.2) is 0 Å². The van der Waals surface area contributed by atoms with Crippen molar-refractivity contribution in [3.8, 4) is 0 Å². The van der Waals surface area contributed by atoms with Crippen LogP contribution in [0.5, 0.6) is 0 Å². The third-order valence-electron chi connectivity index (χ3n) is 1.29. The molecule has 0 spiro atoms. The molecule has 1 aromatic rings. The second kappa shape index (κ2) is 3.99. The third-order valence-corrected chi connectivity index (χ3v) is 2.39. The molecule has 1 rings (SSSR count). The minimum absolute atomic E-state index is 0.0471. The van der Waals surface area contributed by atoms with Crippen molar-refractivity contribution in [3.63, 3.8) is 0 Å². The van der Waals surface area contributed by atoms with Crippen molar-refractivity contribution >= 4 is 39.9 Å². The normalized spacial score (nSPS) is 9.83. The number of rotatable bonds is 2. The summed E-state index contributed by atoms with van der Waals surface area (Å²) in [5.74, 6) is 0. The molecule has 4 nitrogen and oxygen atoms in total.